The number of rotatable bonds is 4. The topological polar surface area (TPSA) is 70.7 Å². The van der Waals surface area contributed by atoms with E-state index in [1.165, 1.54) is 11.3 Å². The van der Waals surface area contributed by atoms with Crippen molar-refractivity contribution in [3.05, 3.63) is 46.0 Å². The summed E-state index contributed by atoms with van der Waals surface area (Å²) in [7, 11) is 0. The third kappa shape index (κ3) is 2.63. The van der Waals surface area contributed by atoms with E-state index in [1.807, 2.05) is 24.4 Å². The summed E-state index contributed by atoms with van der Waals surface area (Å²) in [6, 6.07) is 3.98. The number of carbonyl (C=O) groups excluding carboxylic acids is 1. The Labute approximate surface area is 123 Å². The second-order valence-corrected chi connectivity index (χ2v) is 6.02. The summed E-state index contributed by atoms with van der Waals surface area (Å²) < 4.78 is 0. The van der Waals surface area contributed by atoms with E-state index in [-0.39, 0.29) is 5.91 Å². The molecule has 0 spiro atoms. The summed E-state index contributed by atoms with van der Waals surface area (Å²) in [5.41, 5.74) is 2.40. The van der Waals surface area contributed by atoms with Gasteiger partial charge in [0.15, 0.2) is 0 Å². The molecule has 0 saturated heterocycles. The van der Waals surface area contributed by atoms with Crippen molar-refractivity contribution in [1.82, 2.24) is 20.5 Å². The first-order chi connectivity index (χ1) is 9.74. The van der Waals surface area contributed by atoms with Crippen LogP contribution in [0.1, 0.15) is 21.7 Å². The summed E-state index contributed by atoms with van der Waals surface area (Å²) >= 11 is 3.10. The normalized spacial score (nSPS) is 10.7. The number of hydrogen-bond donors (Lipinski definition) is 2. The molecule has 0 aromatic carbocycles. The molecule has 3 aromatic rings. The molecule has 7 heteroatoms. The Kier molecular flexibility index (Phi) is 3.62. The van der Waals surface area contributed by atoms with Crippen LogP contribution in [0.5, 0.6) is 0 Å². The van der Waals surface area contributed by atoms with E-state index in [0.717, 1.165) is 21.1 Å². The molecule has 0 aliphatic heterocycles. The average molecular weight is 304 g/mol. The molecule has 3 heterocycles. The van der Waals surface area contributed by atoms with Crippen molar-refractivity contribution >= 4 is 28.6 Å². The van der Waals surface area contributed by atoms with Gasteiger partial charge in [-0.05, 0) is 18.4 Å². The molecular formula is C13H12N4OS2. The number of nitrogens with one attached hydrogen (secondary N) is 2. The molecule has 0 aliphatic carbocycles. The Morgan fingerprint density at radius 3 is 3.05 bits per heavy atom. The summed E-state index contributed by atoms with van der Waals surface area (Å²) in [5.74, 6) is -0.162. The standard InChI is InChI=1S/C13H12N4OS2/c1-8-9(6-15-17-8)5-14-12(18)10-7-20-13(16-10)11-3-2-4-19-11/h2-4,6-7H,5H2,1H3,(H,14,18)(H,15,17). The highest BCUT2D eigenvalue weighted by molar-refractivity contribution is 7.20. The lowest BCUT2D eigenvalue weighted by atomic mass is 10.2. The zero-order valence-electron chi connectivity index (χ0n) is 10.7. The van der Waals surface area contributed by atoms with E-state index in [9.17, 15) is 4.79 Å². The van der Waals surface area contributed by atoms with E-state index >= 15 is 0 Å². The van der Waals surface area contributed by atoms with E-state index in [4.69, 9.17) is 0 Å². The van der Waals surface area contributed by atoms with Gasteiger partial charge in [0.05, 0.1) is 11.1 Å². The van der Waals surface area contributed by atoms with Crippen LogP contribution in [0.3, 0.4) is 0 Å². The van der Waals surface area contributed by atoms with E-state index in [1.54, 1.807) is 22.9 Å². The predicted molar refractivity (Wildman–Crippen MR) is 79.9 cm³/mol. The lowest BCUT2D eigenvalue weighted by molar-refractivity contribution is 0.0946. The third-order valence-electron chi connectivity index (χ3n) is 2.84. The molecule has 0 radical (unpaired) electrons. The van der Waals surface area contributed by atoms with Crippen LogP contribution in [0.15, 0.2) is 29.1 Å². The summed E-state index contributed by atoms with van der Waals surface area (Å²) in [6.45, 7) is 2.37. The second-order valence-electron chi connectivity index (χ2n) is 4.22. The molecule has 5 nitrogen and oxygen atoms in total. The van der Waals surface area contributed by atoms with Crippen molar-refractivity contribution in [3.8, 4) is 9.88 Å². The minimum atomic E-state index is -0.162. The van der Waals surface area contributed by atoms with Crippen molar-refractivity contribution in [3.63, 3.8) is 0 Å². The van der Waals surface area contributed by atoms with Gasteiger partial charge in [-0.15, -0.1) is 22.7 Å². The monoisotopic (exact) mass is 304 g/mol. The number of aromatic nitrogens is 3. The van der Waals surface area contributed by atoms with Crippen LogP contribution in [0.4, 0.5) is 0 Å². The maximum Gasteiger partial charge on any atom is 0.271 e. The Morgan fingerprint density at radius 2 is 2.35 bits per heavy atom. The molecule has 3 rings (SSSR count). The van der Waals surface area contributed by atoms with Gasteiger partial charge in [-0.3, -0.25) is 9.89 Å². The summed E-state index contributed by atoms with van der Waals surface area (Å²) in [4.78, 5) is 17.5. The van der Waals surface area contributed by atoms with Crippen LogP contribution < -0.4 is 5.32 Å². The van der Waals surface area contributed by atoms with Gasteiger partial charge in [0.2, 0.25) is 0 Å². The Hall–Kier alpha value is -1.99. The minimum Gasteiger partial charge on any atom is -0.346 e. The van der Waals surface area contributed by atoms with Crippen LogP contribution in [0, 0.1) is 6.92 Å². The Morgan fingerprint density at radius 1 is 1.45 bits per heavy atom. The number of hydrogen-bond acceptors (Lipinski definition) is 5. The molecule has 0 aliphatic rings. The Bertz CT molecular complexity index is 714. The molecule has 0 atom stereocenters. The van der Waals surface area contributed by atoms with Gasteiger partial charge >= 0.3 is 0 Å². The fourth-order valence-electron chi connectivity index (χ4n) is 1.71. The van der Waals surface area contributed by atoms with Crippen LogP contribution in [-0.4, -0.2) is 21.1 Å². The molecule has 3 aromatic heterocycles. The quantitative estimate of drug-likeness (QED) is 0.778. The van der Waals surface area contributed by atoms with E-state index in [2.05, 4.69) is 20.5 Å². The molecule has 2 N–H and O–H groups in total. The number of aryl methyl sites for hydroxylation is 1. The highest BCUT2D eigenvalue weighted by Crippen LogP contribution is 2.27. The van der Waals surface area contributed by atoms with Crippen molar-refractivity contribution in [1.29, 1.82) is 0 Å². The van der Waals surface area contributed by atoms with Crippen LogP contribution in [0.25, 0.3) is 9.88 Å². The van der Waals surface area contributed by atoms with E-state index < -0.39 is 0 Å². The molecule has 0 fully saturated rings. The lowest BCUT2D eigenvalue weighted by Crippen LogP contribution is -2.23. The number of H-pyrrole nitrogens is 1. The number of aromatic amines is 1. The molecule has 0 bridgehead atoms. The first-order valence-corrected chi connectivity index (χ1v) is 7.76. The van der Waals surface area contributed by atoms with Gasteiger partial charge in [0.25, 0.3) is 5.91 Å². The van der Waals surface area contributed by atoms with E-state index in [0.29, 0.717) is 12.2 Å². The van der Waals surface area contributed by atoms with Crippen molar-refractivity contribution in [2.24, 2.45) is 0 Å². The zero-order valence-corrected chi connectivity index (χ0v) is 12.3. The Balaban J connectivity index is 1.67. The van der Waals surface area contributed by atoms with Gasteiger partial charge in [0, 0.05) is 23.2 Å². The van der Waals surface area contributed by atoms with Crippen molar-refractivity contribution in [2.45, 2.75) is 13.5 Å². The first kappa shape index (κ1) is 13.0. The maximum absolute atomic E-state index is 12.0. The number of amides is 1. The number of thiophene rings is 1. The molecular weight excluding hydrogens is 292 g/mol. The lowest BCUT2D eigenvalue weighted by Gasteiger charge is -2.01. The fourth-order valence-corrected chi connectivity index (χ4v) is 3.33. The third-order valence-corrected chi connectivity index (χ3v) is 4.72. The molecule has 1 amide bonds. The average Bonchev–Trinajstić information content (AvgIpc) is 3.17. The number of thiazole rings is 1. The van der Waals surface area contributed by atoms with Gasteiger partial charge in [-0.25, -0.2) is 4.98 Å². The maximum atomic E-state index is 12.0. The van der Waals surface area contributed by atoms with Crippen molar-refractivity contribution in [2.75, 3.05) is 0 Å². The molecule has 102 valence electrons. The van der Waals surface area contributed by atoms with Crippen LogP contribution in [-0.2, 0) is 6.54 Å². The van der Waals surface area contributed by atoms with Crippen LogP contribution >= 0.6 is 22.7 Å². The van der Waals surface area contributed by atoms with Gasteiger partial charge in [0.1, 0.15) is 10.7 Å². The zero-order chi connectivity index (χ0) is 13.9. The minimum absolute atomic E-state index is 0.162. The smallest absolute Gasteiger partial charge is 0.271 e. The van der Waals surface area contributed by atoms with Gasteiger partial charge in [-0.1, -0.05) is 6.07 Å². The van der Waals surface area contributed by atoms with Crippen LogP contribution in [0.2, 0.25) is 0 Å². The first-order valence-electron chi connectivity index (χ1n) is 6.00. The fraction of sp³-hybridized carbons (Fsp3) is 0.154. The SMILES string of the molecule is Cc1[nH]ncc1CNC(=O)c1csc(-c2cccs2)n1. The molecule has 0 unspecified atom stereocenters. The van der Waals surface area contributed by atoms with Crippen molar-refractivity contribution < 1.29 is 4.79 Å². The van der Waals surface area contributed by atoms with Gasteiger partial charge in [-0.2, -0.15) is 5.10 Å². The predicted octanol–water partition coefficient (Wildman–Crippen LogP) is 2.83. The number of nitrogens with zero attached hydrogens (tertiary/aromatic N) is 2. The number of carbonyl (C=O) groups is 1. The van der Waals surface area contributed by atoms with Gasteiger partial charge < -0.3 is 5.32 Å². The second kappa shape index (κ2) is 5.56. The molecule has 20 heavy (non-hydrogen) atoms. The molecule has 0 saturated carbocycles. The summed E-state index contributed by atoms with van der Waals surface area (Å²) in [6.07, 6.45) is 1.72. The summed E-state index contributed by atoms with van der Waals surface area (Å²) in [5, 5.41) is 14.3. The largest absolute Gasteiger partial charge is 0.346 e. The highest BCUT2D eigenvalue weighted by atomic mass is 32.1. The highest BCUT2D eigenvalue weighted by Gasteiger charge is 2.12.